The molecule has 0 bridgehead atoms. The predicted molar refractivity (Wildman–Crippen MR) is 87.5 cm³/mol. The molecule has 0 aliphatic heterocycles. The van der Waals surface area contributed by atoms with E-state index >= 15 is 0 Å². The van der Waals surface area contributed by atoms with Crippen molar-refractivity contribution >= 4 is 29.4 Å². The average Bonchev–Trinajstić information content (AvgIpc) is 2.56. The normalized spacial score (nSPS) is 20.2. The lowest BCUT2D eigenvalue weighted by atomic mass is 9.92. The lowest BCUT2D eigenvalue weighted by Crippen LogP contribution is -2.42. The van der Waals surface area contributed by atoms with E-state index in [0.29, 0.717) is 16.3 Å². The first-order valence-corrected chi connectivity index (χ1v) is 7.67. The van der Waals surface area contributed by atoms with E-state index in [1.54, 1.807) is 18.2 Å². The number of ether oxygens (including phenoxy) is 1. The van der Waals surface area contributed by atoms with Crippen LogP contribution in [-0.2, 0) is 4.79 Å². The van der Waals surface area contributed by atoms with Crippen LogP contribution in [0.4, 0.5) is 0 Å². The van der Waals surface area contributed by atoms with Crippen molar-refractivity contribution in [2.75, 3.05) is 0 Å². The first-order valence-electron chi connectivity index (χ1n) is 7.29. The number of amides is 1. The highest BCUT2D eigenvalue weighted by atomic mass is 35.5. The molecule has 7 heteroatoms. The molecule has 0 heterocycles. The largest absolute Gasteiger partial charge is 0.490 e. The Morgan fingerprint density at radius 2 is 2.09 bits per heavy atom. The van der Waals surface area contributed by atoms with Crippen molar-refractivity contribution in [3.63, 3.8) is 0 Å². The van der Waals surface area contributed by atoms with Gasteiger partial charge in [0.25, 0.3) is 5.91 Å². The van der Waals surface area contributed by atoms with Gasteiger partial charge in [0, 0.05) is 18.3 Å². The van der Waals surface area contributed by atoms with Gasteiger partial charge < -0.3 is 15.5 Å². The van der Waals surface area contributed by atoms with Gasteiger partial charge in [-0.05, 0) is 37.8 Å². The number of rotatable bonds is 5. The van der Waals surface area contributed by atoms with Crippen molar-refractivity contribution < 1.29 is 9.53 Å². The van der Waals surface area contributed by atoms with Gasteiger partial charge in [-0.25, -0.2) is 0 Å². The van der Waals surface area contributed by atoms with E-state index in [9.17, 15) is 4.79 Å². The van der Waals surface area contributed by atoms with Crippen molar-refractivity contribution in [1.29, 1.82) is 16.1 Å². The molecule has 3 N–H and O–H groups in total. The Morgan fingerprint density at radius 3 is 2.65 bits per heavy atom. The molecule has 1 aliphatic rings. The number of nitriles is 1. The molecule has 1 fully saturated rings. The quantitative estimate of drug-likeness (QED) is 0.721. The monoisotopic (exact) mass is 332 g/mol. The van der Waals surface area contributed by atoms with Crippen LogP contribution in [0.2, 0.25) is 5.02 Å². The zero-order chi connectivity index (χ0) is 16.8. The van der Waals surface area contributed by atoms with Crippen LogP contribution in [0.15, 0.2) is 18.2 Å². The minimum Gasteiger partial charge on any atom is -0.490 e. The van der Waals surface area contributed by atoms with Gasteiger partial charge in [-0.2, -0.15) is 5.26 Å². The maximum Gasteiger partial charge on any atom is 0.270 e. The van der Waals surface area contributed by atoms with Crippen molar-refractivity contribution in [1.82, 2.24) is 5.32 Å². The van der Waals surface area contributed by atoms with E-state index in [1.807, 2.05) is 6.07 Å². The molecule has 0 aromatic heterocycles. The average molecular weight is 333 g/mol. The molecule has 1 aliphatic carbocycles. The molecule has 1 saturated carbocycles. The summed E-state index contributed by atoms with van der Waals surface area (Å²) in [5, 5.41) is 26.2. The lowest BCUT2D eigenvalue weighted by molar-refractivity contribution is -0.115. The Labute approximate surface area is 139 Å². The number of carbonyl (C=O) groups is 1. The van der Waals surface area contributed by atoms with Gasteiger partial charge in [-0.1, -0.05) is 11.6 Å². The maximum absolute atomic E-state index is 11.6. The predicted octanol–water partition coefficient (Wildman–Crippen LogP) is 2.69. The summed E-state index contributed by atoms with van der Waals surface area (Å²) in [4.78, 5) is 11.6. The highest BCUT2D eigenvalue weighted by Gasteiger charge is 2.24. The molecule has 1 amide bonds. The minimum absolute atomic E-state index is 0.00667. The summed E-state index contributed by atoms with van der Waals surface area (Å²) >= 11 is 5.98. The van der Waals surface area contributed by atoms with E-state index in [4.69, 9.17) is 32.4 Å². The van der Waals surface area contributed by atoms with Crippen LogP contribution in [0.25, 0.3) is 0 Å². The van der Waals surface area contributed by atoms with Crippen molar-refractivity contribution in [2.24, 2.45) is 0 Å². The summed E-state index contributed by atoms with van der Waals surface area (Å²) in [6.45, 7) is 0. The highest BCUT2D eigenvalue weighted by Crippen LogP contribution is 2.27. The first kappa shape index (κ1) is 17.0. The van der Waals surface area contributed by atoms with Gasteiger partial charge in [0.15, 0.2) is 0 Å². The first-order chi connectivity index (χ1) is 11.0. The molecule has 0 atom stereocenters. The van der Waals surface area contributed by atoms with Crippen LogP contribution in [0, 0.1) is 22.1 Å². The molecule has 6 nitrogen and oxygen atoms in total. The van der Waals surface area contributed by atoms with Crippen LogP contribution >= 0.6 is 11.6 Å². The number of hydrogen-bond donors (Lipinski definition) is 3. The second-order valence-corrected chi connectivity index (χ2v) is 5.78. The van der Waals surface area contributed by atoms with Crippen LogP contribution in [0.5, 0.6) is 5.75 Å². The fourth-order valence-electron chi connectivity index (χ4n) is 2.51. The Hall–Kier alpha value is -2.39. The third kappa shape index (κ3) is 4.54. The summed E-state index contributed by atoms with van der Waals surface area (Å²) in [6.07, 6.45) is 3.84. The minimum atomic E-state index is -0.511. The van der Waals surface area contributed by atoms with Crippen molar-refractivity contribution in [3.05, 3.63) is 28.8 Å². The molecule has 2 rings (SSSR count). The molecule has 1 aromatic rings. The van der Waals surface area contributed by atoms with E-state index in [1.165, 1.54) is 0 Å². The number of nitrogens with one attached hydrogen (secondary N) is 3. The SMILES string of the molecule is N#Cc1ccc(OC2CCC(NC(=O)C(=N)C=N)CC2)cc1Cl. The molecule has 0 radical (unpaired) electrons. The Bertz CT molecular complexity index is 661. The smallest absolute Gasteiger partial charge is 0.270 e. The highest BCUT2D eigenvalue weighted by molar-refractivity contribution is 6.59. The van der Waals surface area contributed by atoms with Crippen LogP contribution in [-0.4, -0.2) is 30.0 Å². The number of halogens is 1. The van der Waals surface area contributed by atoms with E-state index in [2.05, 4.69) is 5.32 Å². The van der Waals surface area contributed by atoms with Gasteiger partial charge in [-0.3, -0.25) is 10.2 Å². The van der Waals surface area contributed by atoms with Gasteiger partial charge in [0.1, 0.15) is 17.5 Å². The molecule has 23 heavy (non-hydrogen) atoms. The zero-order valence-corrected chi connectivity index (χ0v) is 13.2. The Balaban J connectivity index is 1.84. The summed E-state index contributed by atoms with van der Waals surface area (Å²) in [5.74, 6) is 0.121. The summed E-state index contributed by atoms with van der Waals surface area (Å²) in [5.41, 5.74) is 0.0784. The summed E-state index contributed by atoms with van der Waals surface area (Å²) in [6, 6.07) is 7.01. The molecule has 0 spiro atoms. The maximum atomic E-state index is 11.6. The van der Waals surface area contributed by atoms with Crippen molar-refractivity contribution in [2.45, 2.75) is 37.8 Å². The second kappa shape index (κ2) is 7.75. The topological polar surface area (TPSA) is 110 Å². The molecule has 1 aromatic carbocycles. The molecular formula is C16H17ClN4O2. The standard InChI is InChI=1S/C16H17ClN4O2/c17-14-7-13(4-1-10(14)8-18)23-12-5-2-11(3-6-12)21-16(22)15(20)9-19/h1,4,7,9,11-12,19-20H,2-3,5-6H2,(H,21,22). The van der Waals surface area contributed by atoms with E-state index in [-0.39, 0.29) is 17.9 Å². The Morgan fingerprint density at radius 1 is 1.39 bits per heavy atom. The Kier molecular flexibility index (Phi) is 5.72. The fourth-order valence-corrected chi connectivity index (χ4v) is 2.72. The second-order valence-electron chi connectivity index (χ2n) is 5.38. The number of nitrogens with zero attached hydrogens (tertiary/aromatic N) is 1. The molecular weight excluding hydrogens is 316 g/mol. The van der Waals surface area contributed by atoms with Crippen LogP contribution < -0.4 is 10.1 Å². The van der Waals surface area contributed by atoms with Crippen LogP contribution in [0.1, 0.15) is 31.2 Å². The molecule has 0 unspecified atom stereocenters. The molecule has 0 saturated heterocycles. The molecule has 120 valence electrons. The van der Waals surface area contributed by atoms with Gasteiger partial charge in [0.2, 0.25) is 0 Å². The lowest BCUT2D eigenvalue weighted by Gasteiger charge is -2.29. The van der Waals surface area contributed by atoms with Crippen LogP contribution in [0.3, 0.4) is 0 Å². The van der Waals surface area contributed by atoms with Crippen molar-refractivity contribution in [3.8, 4) is 11.8 Å². The van der Waals surface area contributed by atoms with Gasteiger partial charge >= 0.3 is 0 Å². The fraction of sp³-hybridized carbons (Fsp3) is 0.375. The third-order valence-electron chi connectivity index (χ3n) is 3.76. The number of hydrogen-bond acceptors (Lipinski definition) is 5. The van der Waals surface area contributed by atoms with E-state index in [0.717, 1.165) is 31.9 Å². The number of benzene rings is 1. The summed E-state index contributed by atoms with van der Waals surface area (Å²) in [7, 11) is 0. The number of carbonyl (C=O) groups excluding carboxylic acids is 1. The van der Waals surface area contributed by atoms with E-state index < -0.39 is 5.91 Å². The zero-order valence-electron chi connectivity index (χ0n) is 12.4. The van der Waals surface area contributed by atoms with Gasteiger partial charge in [0.05, 0.1) is 16.7 Å². The summed E-state index contributed by atoms with van der Waals surface area (Å²) < 4.78 is 5.87. The van der Waals surface area contributed by atoms with Gasteiger partial charge in [-0.15, -0.1) is 0 Å². The third-order valence-corrected chi connectivity index (χ3v) is 4.07.